The smallest absolute Gasteiger partial charge is 0.338 e. The van der Waals surface area contributed by atoms with E-state index in [2.05, 4.69) is 57.5 Å². The molecule has 3 aromatic carbocycles. The molecule has 3 heterocycles. The zero-order valence-electron chi connectivity index (χ0n) is 23.7. The van der Waals surface area contributed by atoms with Crippen LogP contribution in [-0.4, -0.2) is 21.7 Å². The van der Waals surface area contributed by atoms with Gasteiger partial charge in [-0.3, -0.25) is 9.36 Å². The molecule has 9 heteroatoms. The Morgan fingerprint density at radius 3 is 2.42 bits per heavy atom. The highest BCUT2D eigenvalue weighted by Gasteiger charge is 2.35. The molecule has 5 aromatic rings. The summed E-state index contributed by atoms with van der Waals surface area (Å²) < 4.78 is 24.8. The molecular weight excluding hydrogens is 676 g/mol. The van der Waals surface area contributed by atoms with Gasteiger partial charge < -0.3 is 9.30 Å². The molecule has 0 saturated heterocycles. The molecule has 216 valence electrons. The maximum atomic E-state index is 14.2. The molecule has 2 aromatic heterocycles. The highest BCUT2D eigenvalue weighted by atomic mass is 127. The number of aromatic nitrogens is 2. The van der Waals surface area contributed by atoms with Crippen LogP contribution in [-0.2, 0) is 9.53 Å². The average Bonchev–Trinajstić information content (AvgIpc) is 3.47. The van der Waals surface area contributed by atoms with Gasteiger partial charge >= 0.3 is 5.97 Å². The fourth-order valence-electron chi connectivity index (χ4n) is 5.46. The SMILES string of the molecule is CCOC(=O)C1=C(c2ccccc2)N=c2s/c(=C\c3cc(C)n(-c4ccc(I)cc4)c3C)c(=O)n2[C@H]1c1ccc(F)cc1. The lowest BCUT2D eigenvalue weighted by molar-refractivity contribution is -0.138. The fourth-order valence-corrected chi connectivity index (χ4v) is 6.81. The Balaban J connectivity index is 1.59. The largest absolute Gasteiger partial charge is 0.463 e. The minimum atomic E-state index is -0.854. The molecule has 0 bridgehead atoms. The number of hydrogen-bond acceptors (Lipinski definition) is 5. The van der Waals surface area contributed by atoms with Gasteiger partial charge in [-0.05, 0) is 103 Å². The van der Waals surface area contributed by atoms with Crippen molar-refractivity contribution < 1.29 is 13.9 Å². The number of benzene rings is 3. The summed E-state index contributed by atoms with van der Waals surface area (Å²) in [5, 5.41) is 0. The molecule has 1 aliphatic rings. The van der Waals surface area contributed by atoms with Gasteiger partial charge in [-0.1, -0.05) is 53.8 Å². The van der Waals surface area contributed by atoms with Crippen LogP contribution in [0.3, 0.4) is 0 Å². The van der Waals surface area contributed by atoms with Crippen LogP contribution in [0, 0.1) is 23.2 Å². The number of carbonyl (C=O) groups is 1. The van der Waals surface area contributed by atoms with Gasteiger partial charge in [0, 0.05) is 26.2 Å². The summed E-state index contributed by atoms with van der Waals surface area (Å²) in [6.07, 6.45) is 1.88. The summed E-state index contributed by atoms with van der Waals surface area (Å²) >= 11 is 3.55. The molecule has 43 heavy (non-hydrogen) atoms. The van der Waals surface area contributed by atoms with Crippen molar-refractivity contribution in [1.29, 1.82) is 0 Å². The second-order valence-electron chi connectivity index (χ2n) is 10.1. The lowest BCUT2D eigenvalue weighted by atomic mass is 9.93. The summed E-state index contributed by atoms with van der Waals surface area (Å²) in [5.41, 5.74) is 5.66. The minimum absolute atomic E-state index is 0.154. The van der Waals surface area contributed by atoms with Crippen LogP contribution in [0.1, 0.15) is 41.0 Å². The summed E-state index contributed by atoms with van der Waals surface area (Å²) in [5.74, 6) is -0.987. The number of aryl methyl sites for hydroxylation is 1. The van der Waals surface area contributed by atoms with Crippen LogP contribution in [0.15, 0.2) is 100 Å². The molecule has 0 fully saturated rings. The van der Waals surface area contributed by atoms with E-state index in [4.69, 9.17) is 9.73 Å². The van der Waals surface area contributed by atoms with Gasteiger partial charge in [0.15, 0.2) is 4.80 Å². The Labute approximate surface area is 265 Å². The fraction of sp³-hybridized carbons (Fsp3) is 0.147. The van der Waals surface area contributed by atoms with Crippen LogP contribution in [0.4, 0.5) is 4.39 Å². The second-order valence-corrected chi connectivity index (χ2v) is 12.4. The van der Waals surface area contributed by atoms with Crippen LogP contribution in [0.5, 0.6) is 0 Å². The number of carbonyl (C=O) groups excluding carboxylic acids is 1. The zero-order valence-corrected chi connectivity index (χ0v) is 26.6. The lowest BCUT2D eigenvalue weighted by Crippen LogP contribution is -2.40. The average molecular weight is 704 g/mol. The normalized spacial score (nSPS) is 14.9. The van der Waals surface area contributed by atoms with E-state index in [0.717, 1.165) is 31.8 Å². The van der Waals surface area contributed by atoms with Crippen LogP contribution < -0.4 is 14.9 Å². The number of rotatable bonds is 6. The predicted molar refractivity (Wildman–Crippen MR) is 175 cm³/mol. The molecular formula is C34H27FIN3O3S. The Kier molecular flexibility index (Phi) is 8.02. The standard InChI is InChI=1S/C34H27FIN3O3S/c1-4-42-33(41)29-30(22-8-6-5-7-9-22)37-34-39(31(29)23-10-12-25(35)13-11-23)32(40)28(43-34)19-24-18-20(2)38(21(24)3)27-16-14-26(36)15-17-27/h5-19,31H,4H2,1-3H3/b28-19-/t31-/m0/s1. The van der Waals surface area contributed by atoms with Crippen molar-refractivity contribution in [3.05, 3.63) is 148 Å². The lowest BCUT2D eigenvalue weighted by Gasteiger charge is -2.25. The van der Waals surface area contributed by atoms with Gasteiger partial charge in [-0.25, -0.2) is 14.2 Å². The van der Waals surface area contributed by atoms with E-state index in [1.165, 1.54) is 28.0 Å². The van der Waals surface area contributed by atoms with E-state index < -0.39 is 17.8 Å². The van der Waals surface area contributed by atoms with Gasteiger partial charge in [0.2, 0.25) is 0 Å². The van der Waals surface area contributed by atoms with E-state index in [0.29, 0.717) is 20.6 Å². The first-order valence-corrected chi connectivity index (χ1v) is 15.6. The van der Waals surface area contributed by atoms with E-state index in [9.17, 15) is 14.0 Å². The molecule has 0 aliphatic carbocycles. The first kappa shape index (κ1) is 29.0. The van der Waals surface area contributed by atoms with Crippen molar-refractivity contribution in [3.8, 4) is 5.69 Å². The quantitative estimate of drug-likeness (QED) is 0.159. The molecule has 6 nitrogen and oxygen atoms in total. The molecule has 6 rings (SSSR count). The van der Waals surface area contributed by atoms with E-state index in [1.54, 1.807) is 19.1 Å². The van der Waals surface area contributed by atoms with Crippen molar-refractivity contribution in [2.24, 2.45) is 4.99 Å². The highest BCUT2D eigenvalue weighted by molar-refractivity contribution is 14.1. The zero-order chi connectivity index (χ0) is 30.2. The van der Waals surface area contributed by atoms with E-state index in [-0.39, 0.29) is 17.7 Å². The first-order chi connectivity index (χ1) is 20.8. The first-order valence-electron chi connectivity index (χ1n) is 13.8. The van der Waals surface area contributed by atoms with E-state index >= 15 is 0 Å². The third kappa shape index (κ3) is 5.43. The Bertz CT molecular complexity index is 2060. The van der Waals surface area contributed by atoms with Gasteiger partial charge in [0.05, 0.1) is 28.5 Å². The number of nitrogens with zero attached hydrogens (tertiary/aromatic N) is 3. The summed E-state index contributed by atoms with van der Waals surface area (Å²) in [4.78, 5) is 33.1. The molecule has 0 unspecified atom stereocenters. The highest BCUT2D eigenvalue weighted by Crippen LogP contribution is 2.35. The third-order valence-electron chi connectivity index (χ3n) is 7.40. The minimum Gasteiger partial charge on any atom is -0.463 e. The molecule has 1 aliphatic heterocycles. The van der Waals surface area contributed by atoms with Crippen molar-refractivity contribution in [2.75, 3.05) is 6.61 Å². The van der Waals surface area contributed by atoms with Crippen LogP contribution >= 0.6 is 33.9 Å². The number of fused-ring (bicyclic) bond motifs is 1. The number of hydrogen-bond donors (Lipinski definition) is 0. The second kappa shape index (κ2) is 11.9. The third-order valence-corrected chi connectivity index (χ3v) is 9.10. The van der Waals surface area contributed by atoms with Crippen molar-refractivity contribution >= 4 is 51.7 Å². The summed E-state index contributed by atoms with van der Waals surface area (Å²) in [7, 11) is 0. The molecule has 1 atom stereocenters. The van der Waals surface area contributed by atoms with E-state index in [1.807, 2.05) is 50.3 Å². The maximum absolute atomic E-state index is 14.2. The Hall–Kier alpha value is -4.09. The number of thiazole rings is 1. The molecule has 0 radical (unpaired) electrons. The number of esters is 1. The van der Waals surface area contributed by atoms with Gasteiger partial charge in [0.25, 0.3) is 5.56 Å². The maximum Gasteiger partial charge on any atom is 0.338 e. The van der Waals surface area contributed by atoms with Gasteiger partial charge in [-0.15, -0.1) is 0 Å². The topological polar surface area (TPSA) is 65.6 Å². The Morgan fingerprint density at radius 2 is 1.74 bits per heavy atom. The monoisotopic (exact) mass is 703 g/mol. The van der Waals surface area contributed by atoms with Crippen LogP contribution in [0.25, 0.3) is 17.5 Å². The Morgan fingerprint density at radius 1 is 1.05 bits per heavy atom. The number of halogens is 2. The van der Waals surface area contributed by atoms with Crippen molar-refractivity contribution in [2.45, 2.75) is 26.8 Å². The predicted octanol–water partition coefficient (Wildman–Crippen LogP) is 6.09. The molecule has 0 spiro atoms. The molecule has 0 amide bonds. The van der Waals surface area contributed by atoms with Crippen LogP contribution in [0.2, 0.25) is 0 Å². The molecule has 0 saturated carbocycles. The summed E-state index contributed by atoms with van der Waals surface area (Å²) in [6.45, 7) is 5.95. The summed E-state index contributed by atoms with van der Waals surface area (Å²) in [6, 6.07) is 24.7. The number of ether oxygens (including phenoxy) is 1. The van der Waals surface area contributed by atoms with Gasteiger partial charge in [0.1, 0.15) is 5.82 Å². The molecule has 0 N–H and O–H groups in total. The van der Waals surface area contributed by atoms with Crippen molar-refractivity contribution in [1.82, 2.24) is 9.13 Å². The van der Waals surface area contributed by atoms with Crippen molar-refractivity contribution in [3.63, 3.8) is 0 Å². The van der Waals surface area contributed by atoms with Gasteiger partial charge in [-0.2, -0.15) is 0 Å².